The van der Waals surface area contributed by atoms with Gasteiger partial charge in [-0.25, -0.2) is 4.98 Å². The zero-order chi connectivity index (χ0) is 24.9. The lowest BCUT2D eigenvalue weighted by Gasteiger charge is -2.34. The van der Waals surface area contributed by atoms with Gasteiger partial charge in [0.25, 0.3) is 0 Å². The lowest BCUT2D eigenvalue weighted by molar-refractivity contribution is -0.147. The Kier molecular flexibility index (Phi) is 8.27. The first-order chi connectivity index (χ1) is 16.2. The third-order valence-corrected chi connectivity index (χ3v) is 5.17. The highest BCUT2D eigenvalue weighted by atomic mass is 19.4. The molecule has 0 amide bonds. The van der Waals surface area contributed by atoms with Crippen LogP contribution in [0.25, 0.3) is 0 Å². The Labute approximate surface area is 195 Å². The van der Waals surface area contributed by atoms with Gasteiger partial charge in [0.15, 0.2) is 0 Å². The van der Waals surface area contributed by atoms with Crippen LogP contribution in [0.2, 0.25) is 0 Å². The lowest BCUT2D eigenvalue weighted by Crippen LogP contribution is -2.38. The number of nitrogens with zero attached hydrogens (tertiary/aromatic N) is 2. The van der Waals surface area contributed by atoms with Gasteiger partial charge in [0.1, 0.15) is 5.92 Å². The van der Waals surface area contributed by atoms with E-state index in [4.69, 9.17) is 19.3 Å². The summed E-state index contributed by atoms with van der Waals surface area (Å²) in [6.07, 6.45) is -3.54. The number of carbonyl (C=O) groups excluding carboxylic acids is 1. The van der Waals surface area contributed by atoms with E-state index in [9.17, 15) is 18.0 Å². The summed E-state index contributed by atoms with van der Waals surface area (Å²) in [6, 6.07) is 6.65. The second-order valence-electron chi connectivity index (χ2n) is 7.89. The Hall–Kier alpha value is -2.98. The molecule has 0 spiro atoms. The van der Waals surface area contributed by atoms with Crippen LogP contribution in [-0.2, 0) is 20.4 Å². The number of aliphatic hydroxyl groups excluding tert-OH is 1. The fourth-order valence-corrected chi connectivity index (χ4v) is 3.96. The van der Waals surface area contributed by atoms with Gasteiger partial charge in [-0.1, -0.05) is 18.2 Å². The van der Waals surface area contributed by atoms with Crippen LogP contribution in [0.15, 0.2) is 41.5 Å². The van der Waals surface area contributed by atoms with Crippen LogP contribution >= 0.6 is 0 Å². The SMILES string of the molecule is CCOC(=O)C1C(COCCO)=Nc2ccnc(OC(C)C)c2C1c1ccccc1C(F)(F)F. The maximum atomic E-state index is 14.1. The highest BCUT2D eigenvalue weighted by Gasteiger charge is 2.46. The van der Waals surface area contributed by atoms with E-state index in [0.717, 1.165) is 6.07 Å². The van der Waals surface area contributed by atoms with Crippen molar-refractivity contribution in [1.29, 1.82) is 0 Å². The molecule has 2 aromatic rings. The molecule has 1 aliphatic rings. The molecular formula is C24H27F3N2O5. The molecule has 2 atom stereocenters. The van der Waals surface area contributed by atoms with Crippen molar-refractivity contribution in [3.8, 4) is 5.88 Å². The predicted molar refractivity (Wildman–Crippen MR) is 118 cm³/mol. The molecule has 0 aliphatic carbocycles. The predicted octanol–water partition coefficient (Wildman–Crippen LogP) is 4.29. The van der Waals surface area contributed by atoms with Crippen LogP contribution in [0.4, 0.5) is 18.9 Å². The van der Waals surface area contributed by atoms with E-state index in [1.807, 2.05) is 0 Å². The summed E-state index contributed by atoms with van der Waals surface area (Å²) < 4.78 is 58.7. The normalized spacial score (nSPS) is 17.8. The summed E-state index contributed by atoms with van der Waals surface area (Å²) in [7, 11) is 0. The first kappa shape index (κ1) is 25.6. The van der Waals surface area contributed by atoms with Gasteiger partial charge in [-0.05, 0) is 38.5 Å². The number of pyridine rings is 1. The molecule has 0 saturated carbocycles. The molecule has 2 heterocycles. The van der Waals surface area contributed by atoms with E-state index in [0.29, 0.717) is 5.69 Å². The number of fused-ring (bicyclic) bond motifs is 1. The number of aliphatic hydroxyl groups is 1. The van der Waals surface area contributed by atoms with E-state index in [-0.39, 0.29) is 55.3 Å². The van der Waals surface area contributed by atoms with Gasteiger partial charge in [-0.2, -0.15) is 13.2 Å². The molecule has 34 heavy (non-hydrogen) atoms. The molecular weight excluding hydrogens is 453 g/mol. The summed E-state index contributed by atoms with van der Waals surface area (Å²) >= 11 is 0. The van der Waals surface area contributed by atoms with Crippen molar-refractivity contribution in [2.45, 2.75) is 39.0 Å². The molecule has 0 radical (unpaired) electrons. The molecule has 1 aromatic carbocycles. The van der Waals surface area contributed by atoms with Crippen molar-refractivity contribution in [2.75, 3.05) is 26.4 Å². The fraction of sp³-hybridized carbons (Fsp3) is 0.458. The largest absolute Gasteiger partial charge is 0.475 e. The number of rotatable bonds is 9. The Morgan fingerprint density at radius 3 is 2.59 bits per heavy atom. The van der Waals surface area contributed by atoms with Gasteiger partial charge >= 0.3 is 12.1 Å². The van der Waals surface area contributed by atoms with Crippen molar-refractivity contribution in [3.05, 3.63) is 53.2 Å². The summed E-state index contributed by atoms with van der Waals surface area (Å²) in [5, 5.41) is 9.08. The molecule has 3 rings (SSSR count). The molecule has 0 bridgehead atoms. The molecule has 10 heteroatoms. The van der Waals surface area contributed by atoms with Gasteiger partial charge < -0.3 is 19.3 Å². The molecule has 7 nitrogen and oxygen atoms in total. The zero-order valence-corrected chi connectivity index (χ0v) is 19.1. The summed E-state index contributed by atoms with van der Waals surface area (Å²) in [5.41, 5.74) is -0.196. The van der Waals surface area contributed by atoms with Crippen LogP contribution in [0.5, 0.6) is 5.88 Å². The number of alkyl halides is 3. The Morgan fingerprint density at radius 1 is 1.21 bits per heavy atom. The van der Waals surface area contributed by atoms with Gasteiger partial charge in [0.05, 0.1) is 49.5 Å². The second kappa shape index (κ2) is 11.0. The number of benzene rings is 1. The molecule has 0 fully saturated rings. The Balaban J connectivity index is 2.31. The van der Waals surface area contributed by atoms with Gasteiger partial charge in [0.2, 0.25) is 5.88 Å². The van der Waals surface area contributed by atoms with Crippen LogP contribution in [0.3, 0.4) is 0 Å². The maximum absolute atomic E-state index is 14.1. The first-order valence-electron chi connectivity index (χ1n) is 10.9. The summed E-state index contributed by atoms with van der Waals surface area (Å²) in [4.78, 5) is 22.0. The minimum atomic E-state index is -4.67. The number of hydrogen-bond donors (Lipinski definition) is 1. The van der Waals surface area contributed by atoms with Crippen molar-refractivity contribution >= 4 is 17.4 Å². The van der Waals surface area contributed by atoms with E-state index in [1.54, 1.807) is 26.8 Å². The van der Waals surface area contributed by atoms with E-state index in [1.165, 1.54) is 24.4 Å². The number of hydrogen-bond acceptors (Lipinski definition) is 7. The highest BCUT2D eigenvalue weighted by molar-refractivity contribution is 6.07. The van der Waals surface area contributed by atoms with E-state index < -0.39 is 29.5 Å². The number of aromatic nitrogens is 1. The smallest absolute Gasteiger partial charge is 0.416 e. The van der Waals surface area contributed by atoms with E-state index >= 15 is 0 Å². The monoisotopic (exact) mass is 480 g/mol. The van der Waals surface area contributed by atoms with Crippen LogP contribution < -0.4 is 4.74 Å². The second-order valence-corrected chi connectivity index (χ2v) is 7.89. The molecule has 1 aromatic heterocycles. The standard InChI is InChI=1S/C24H27F3N2O5/c1-4-33-23(31)21-18(13-32-12-11-30)29-17-9-10-28-22(34-14(2)3)20(17)19(21)15-7-5-6-8-16(15)24(25,26)27/h5-10,14,19,21,30H,4,11-13H2,1-3H3. The molecule has 1 N–H and O–H groups in total. The number of carbonyl (C=O) groups is 1. The van der Waals surface area contributed by atoms with Crippen LogP contribution in [-0.4, -0.2) is 54.3 Å². The van der Waals surface area contributed by atoms with Crippen molar-refractivity contribution in [2.24, 2.45) is 10.9 Å². The average Bonchev–Trinajstić information content (AvgIpc) is 2.77. The fourth-order valence-electron chi connectivity index (χ4n) is 3.96. The maximum Gasteiger partial charge on any atom is 0.416 e. The van der Waals surface area contributed by atoms with Crippen molar-refractivity contribution in [3.63, 3.8) is 0 Å². The molecule has 184 valence electrons. The Morgan fingerprint density at radius 2 is 1.94 bits per heavy atom. The van der Waals surface area contributed by atoms with Gasteiger partial charge in [0, 0.05) is 17.7 Å². The van der Waals surface area contributed by atoms with Crippen LogP contribution in [0.1, 0.15) is 43.4 Å². The minimum Gasteiger partial charge on any atom is -0.475 e. The van der Waals surface area contributed by atoms with E-state index in [2.05, 4.69) is 9.98 Å². The summed E-state index contributed by atoms with van der Waals surface area (Å²) in [6.45, 7) is 4.72. The highest BCUT2D eigenvalue weighted by Crippen LogP contribution is 2.49. The minimum absolute atomic E-state index is 0.0245. The van der Waals surface area contributed by atoms with Gasteiger partial charge in [-0.15, -0.1) is 0 Å². The topological polar surface area (TPSA) is 90.2 Å². The zero-order valence-electron chi connectivity index (χ0n) is 19.1. The first-order valence-corrected chi connectivity index (χ1v) is 10.9. The Bertz CT molecular complexity index is 1040. The van der Waals surface area contributed by atoms with Crippen molar-refractivity contribution in [1.82, 2.24) is 4.98 Å². The molecule has 1 aliphatic heterocycles. The van der Waals surface area contributed by atoms with Crippen LogP contribution in [0, 0.1) is 5.92 Å². The average molecular weight is 480 g/mol. The molecule has 0 saturated heterocycles. The van der Waals surface area contributed by atoms with Gasteiger partial charge in [-0.3, -0.25) is 9.79 Å². The van der Waals surface area contributed by atoms with Crippen molar-refractivity contribution < 1.29 is 37.3 Å². The summed E-state index contributed by atoms with van der Waals surface area (Å²) in [5.74, 6) is -2.99. The quantitative estimate of drug-likeness (QED) is 0.425. The number of esters is 1. The number of aliphatic imine (C=N–C) groups is 1. The lowest BCUT2D eigenvalue weighted by atomic mass is 9.74. The third kappa shape index (κ3) is 5.56. The third-order valence-electron chi connectivity index (χ3n) is 5.17. The number of ether oxygens (including phenoxy) is 3. The molecule has 2 unspecified atom stereocenters. The number of halogens is 3.